The maximum absolute atomic E-state index is 13.3. The normalized spacial score (nSPS) is 13.9. The van der Waals surface area contributed by atoms with Gasteiger partial charge in [0.05, 0.1) is 60.2 Å². The van der Waals surface area contributed by atoms with Gasteiger partial charge in [0.15, 0.2) is 45.9 Å². The molecule has 2 atom stereocenters. The predicted octanol–water partition coefficient (Wildman–Crippen LogP) is 14.8. The zero-order chi connectivity index (χ0) is 72.7. The highest BCUT2D eigenvalue weighted by molar-refractivity contribution is 7.19. The maximum Gasteiger partial charge on any atom is 0.282 e. The molecule has 36 heteroatoms. The minimum Gasteiger partial charge on any atom is -0.496 e. The number of rotatable bonds is 19. The van der Waals surface area contributed by atoms with E-state index in [0.717, 1.165) is 50.7 Å². The van der Waals surface area contributed by atoms with Crippen molar-refractivity contribution in [3.8, 4) is 60.2 Å². The number of carbonyl (C=O) groups excluding carboxylic acids is 3. The Morgan fingerprint density at radius 2 is 1.05 bits per heavy atom. The Morgan fingerprint density at radius 1 is 0.553 bits per heavy atom. The van der Waals surface area contributed by atoms with Crippen LogP contribution in [0.4, 0.5) is 32.3 Å². The molecule has 14 aromatic rings. The van der Waals surface area contributed by atoms with Crippen molar-refractivity contribution in [2.45, 2.75) is 64.6 Å². The summed E-state index contributed by atoms with van der Waals surface area (Å²) < 4.78 is 98.5. The molecule has 12 aromatic heterocycles. The first-order chi connectivity index (χ1) is 49.4. The third-order valence-corrected chi connectivity index (χ3v) is 19.9. The molecule has 0 amide bonds. The van der Waals surface area contributed by atoms with Crippen molar-refractivity contribution in [1.82, 2.24) is 88.1 Å². The number of morpholine rings is 1. The van der Waals surface area contributed by atoms with E-state index in [0.29, 0.717) is 91.9 Å². The fourth-order valence-corrected chi connectivity index (χ4v) is 14.9. The molecule has 103 heavy (non-hydrogen) atoms. The van der Waals surface area contributed by atoms with E-state index in [1.165, 1.54) is 42.5 Å². The summed E-state index contributed by atoms with van der Waals surface area (Å²) in [7, 11) is 6.42. The third-order valence-electron chi connectivity index (χ3n) is 16.1. The lowest BCUT2D eigenvalue weighted by Gasteiger charge is -2.34. The minimum absolute atomic E-state index is 0.0413. The van der Waals surface area contributed by atoms with Crippen molar-refractivity contribution in [1.29, 1.82) is 0 Å². The lowest BCUT2D eigenvalue weighted by atomic mass is 10.1. The van der Waals surface area contributed by atoms with Crippen LogP contribution in [0, 0.1) is 0 Å². The van der Waals surface area contributed by atoms with Crippen LogP contribution in [0.2, 0.25) is 13.8 Å². The number of hydrogen-bond donors (Lipinski definition) is 0. The summed E-state index contributed by atoms with van der Waals surface area (Å²) in [5, 5.41) is 28.3. The van der Waals surface area contributed by atoms with E-state index in [-0.39, 0.29) is 89.7 Å². The summed E-state index contributed by atoms with van der Waals surface area (Å²) in [6, 6.07) is 27.5. The van der Waals surface area contributed by atoms with Gasteiger partial charge in [-0.05, 0) is 79.1 Å². The molecule has 1 fully saturated rings. The number of Topliss-reactive ketones (excluding diaryl/α,β-unsaturated/α-hetero) is 3. The van der Waals surface area contributed by atoms with Crippen LogP contribution < -0.4 is 9.64 Å². The van der Waals surface area contributed by atoms with E-state index >= 15 is 0 Å². The van der Waals surface area contributed by atoms with Crippen LogP contribution in [-0.2, 0) is 45.1 Å². The highest BCUT2D eigenvalue weighted by Crippen LogP contribution is 2.40. The standard InChI is InChI=1S/C23H16Cl2F2N6O2S.C22H15ClF2N6OS.C22H23F2N7O2S/c1-32-19(13(10-28-32)23-30-18(21(26)27)20(25)36-23)14(34)7-11-8-16(24)33-17(9-11)29-22(31-33)12-5-3-4-6-15(12)35-2;1-30-18(14(11-26-30)22-28-17(20(24)25)19(23)33-22)15(32)9-12-7-8-31-16(10-12)27-21(29-31)13-5-3-2-4-6-13;1-12-9-30(10-13(2)33-12)22-27-18-7-14(4-5-31(18)28-22)6-17(32)19-15(8-25-29(19)3)21-26-16(11-34-21)20(23)24/h3-6,8-10,21H,7H2,1-2H3;2-8,10-11,20H,9H2,1H3;4-5,7-8,11-13,20H,6,9-10H2,1-3H3/t;;12-,13+. The Bertz CT molecular complexity index is 5490. The van der Waals surface area contributed by atoms with Gasteiger partial charge in [0.25, 0.3) is 19.3 Å². The molecule has 2 aromatic carbocycles. The van der Waals surface area contributed by atoms with Gasteiger partial charge >= 0.3 is 0 Å². The number of ether oxygens (including phenoxy) is 2. The maximum atomic E-state index is 13.3. The van der Waals surface area contributed by atoms with Gasteiger partial charge in [-0.15, -0.1) is 49.3 Å². The van der Waals surface area contributed by atoms with Crippen LogP contribution in [0.1, 0.15) is 98.4 Å². The monoisotopic (exact) mass is 1520 g/mol. The number of nitrogens with zero attached hydrogens (tertiary/aromatic N) is 19. The highest BCUT2D eigenvalue weighted by atomic mass is 35.5. The van der Waals surface area contributed by atoms with Crippen molar-refractivity contribution in [3.05, 3.63) is 192 Å². The number of carbonyl (C=O) groups is 3. The van der Waals surface area contributed by atoms with Gasteiger partial charge in [0, 0.05) is 76.8 Å². The number of para-hydroxylation sites is 1. The zero-order valence-electron chi connectivity index (χ0n) is 54.7. The SMILES string of the molecule is COc1ccccc1-c1nc2cc(CC(=O)c3c(-c4nc(C(F)F)c(Cl)s4)cnn3C)cc(Cl)n2n1.C[C@@H]1CN(c2nc3cc(CC(=O)c4c(-c5nc(C(F)F)cs5)cnn4C)ccn3n2)C[C@H](C)O1.Cn1ncc(-c2nc(C(F)F)c(Cl)s2)c1C(=O)Cc1ccn2nc(-c3ccccc3)nc2c1. The van der Waals surface area contributed by atoms with Crippen LogP contribution >= 0.6 is 68.8 Å². The molecule has 0 bridgehead atoms. The number of fused-ring (bicyclic) bond motifs is 3. The zero-order valence-corrected chi connectivity index (χ0v) is 59.4. The Balaban J connectivity index is 0.000000138. The first kappa shape index (κ1) is 71.2. The van der Waals surface area contributed by atoms with Crippen molar-refractivity contribution >= 4 is 109 Å². The summed E-state index contributed by atoms with van der Waals surface area (Å²) >= 11 is 21.1. The van der Waals surface area contributed by atoms with Crippen LogP contribution in [0.3, 0.4) is 0 Å². The van der Waals surface area contributed by atoms with Crippen LogP contribution in [0.5, 0.6) is 5.75 Å². The van der Waals surface area contributed by atoms with E-state index in [2.05, 4.69) is 65.4 Å². The number of anilines is 1. The second-order valence-corrected chi connectivity index (χ2v) is 27.8. The van der Waals surface area contributed by atoms with E-state index in [4.69, 9.17) is 44.3 Å². The van der Waals surface area contributed by atoms with Crippen LogP contribution in [0.25, 0.3) is 71.4 Å². The van der Waals surface area contributed by atoms with Gasteiger partial charge in [0.2, 0.25) is 5.95 Å². The number of hydrogen-bond acceptors (Lipinski definition) is 21. The molecule has 0 saturated carbocycles. The molecular formula is C67H54Cl3F6N19O5S3. The molecule has 0 radical (unpaired) electrons. The summed E-state index contributed by atoms with van der Waals surface area (Å²) in [6.45, 7) is 5.46. The number of pyridine rings is 3. The summed E-state index contributed by atoms with van der Waals surface area (Å²) in [6.07, 6.45) is -0.121. The number of benzene rings is 2. The van der Waals surface area contributed by atoms with Gasteiger partial charge in [0.1, 0.15) is 68.8 Å². The summed E-state index contributed by atoms with van der Waals surface area (Å²) in [4.78, 5) is 67.4. The average Bonchev–Trinajstić information content (AvgIpc) is 1.66. The van der Waals surface area contributed by atoms with Gasteiger partial charge in [-0.3, -0.25) is 28.4 Å². The second-order valence-electron chi connectivity index (χ2n) is 23.4. The largest absolute Gasteiger partial charge is 0.496 e. The fraction of sp³-hybridized carbons (Fsp3) is 0.239. The average molecular weight is 1520 g/mol. The molecule has 528 valence electrons. The van der Waals surface area contributed by atoms with Gasteiger partial charge in [-0.1, -0.05) is 77.3 Å². The van der Waals surface area contributed by atoms with E-state index in [1.54, 1.807) is 80.0 Å². The number of ketones is 3. The second kappa shape index (κ2) is 30.0. The smallest absolute Gasteiger partial charge is 0.282 e. The van der Waals surface area contributed by atoms with Gasteiger partial charge in [-0.25, -0.2) is 64.8 Å². The molecule has 13 heterocycles. The topological polar surface area (TPSA) is 256 Å². The van der Waals surface area contributed by atoms with Crippen LogP contribution in [-0.4, -0.2) is 138 Å². The van der Waals surface area contributed by atoms with Crippen molar-refractivity contribution < 1.29 is 50.2 Å². The van der Waals surface area contributed by atoms with E-state index in [1.807, 2.05) is 74.5 Å². The van der Waals surface area contributed by atoms with Gasteiger partial charge < -0.3 is 14.4 Å². The Hall–Kier alpha value is -10.2. The van der Waals surface area contributed by atoms with Crippen molar-refractivity contribution in [2.24, 2.45) is 21.1 Å². The molecule has 24 nitrogen and oxygen atoms in total. The molecule has 0 N–H and O–H groups in total. The number of halogens is 9. The van der Waals surface area contributed by atoms with Crippen molar-refractivity contribution in [3.63, 3.8) is 0 Å². The lowest BCUT2D eigenvalue weighted by Crippen LogP contribution is -2.46. The molecule has 0 spiro atoms. The molecular weight excluding hydrogens is 1470 g/mol. The number of methoxy groups -OCH3 is 1. The number of aromatic nitrogens is 18. The highest BCUT2D eigenvalue weighted by Gasteiger charge is 2.30. The Kier molecular flexibility index (Phi) is 20.8. The van der Waals surface area contributed by atoms with E-state index in [9.17, 15) is 40.7 Å². The molecule has 1 saturated heterocycles. The number of aryl methyl sites for hydroxylation is 3. The van der Waals surface area contributed by atoms with Gasteiger partial charge in [-0.2, -0.15) is 20.3 Å². The lowest BCUT2D eigenvalue weighted by molar-refractivity contribution is -0.00571. The molecule has 15 rings (SSSR count). The Morgan fingerprint density at radius 3 is 1.57 bits per heavy atom. The quantitative estimate of drug-likeness (QED) is 0.0414. The first-order valence-corrected chi connectivity index (χ1v) is 34.7. The summed E-state index contributed by atoms with van der Waals surface area (Å²) in [5.74, 6) is 1.51. The Labute approximate surface area is 606 Å². The minimum atomic E-state index is -2.82. The third kappa shape index (κ3) is 15.2. The number of alkyl halides is 6. The molecule has 1 aliphatic rings. The molecule has 0 unspecified atom stereocenters. The van der Waals surface area contributed by atoms with Crippen molar-refractivity contribution in [2.75, 3.05) is 25.1 Å². The molecule has 1 aliphatic heterocycles. The van der Waals surface area contributed by atoms with E-state index < -0.39 is 30.7 Å². The van der Waals surface area contributed by atoms with Crippen LogP contribution in [0.15, 0.2) is 127 Å². The fourth-order valence-electron chi connectivity index (χ4n) is 11.5. The number of thiazole rings is 3. The predicted molar refractivity (Wildman–Crippen MR) is 376 cm³/mol. The molecule has 0 aliphatic carbocycles. The first-order valence-electron chi connectivity index (χ1n) is 31.1. The summed E-state index contributed by atoms with van der Waals surface area (Å²) in [5.41, 5.74) is 6.02.